The molecular formula is C26H42N8O5S. The highest BCUT2D eigenvalue weighted by Crippen LogP contribution is 2.39. The van der Waals surface area contributed by atoms with Crippen molar-refractivity contribution >= 4 is 23.5 Å². The molecule has 0 aromatic carbocycles. The van der Waals surface area contributed by atoms with E-state index in [1.54, 1.807) is 17.8 Å². The molecule has 6 heterocycles. The summed E-state index contributed by atoms with van der Waals surface area (Å²) >= 11 is 1.79. The summed E-state index contributed by atoms with van der Waals surface area (Å²) in [6, 6.07) is 0.428. The third-order valence-electron chi connectivity index (χ3n) is 9.40. The van der Waals surface area contributed by atoms with Gasteiger partial charge in [-0.05, 0) is 12.8 Å². The molecular weight excluding hydrogens is 536 g/mol. The maximum absolute atomic E-state index is 12.9. The Morgan fingerprint density at radius 3 is 2.77 bits per heavy atom. The Morgan fingerprint density at radius 2 is 1.93 bits per heavy atom. The van der Waals surface area contributed by atoms with Gasteiger partial charge in [0, 0.05) is 56.3 Å². The molecule has 1 amide bonds. The largest absolute Gasteiger partial charge is 0.472 e. The highest BCUT2D eigenvalue weighted by Gasteiger charge is 2.52. The molecule has 6 fully saturated rings. The predicted molar refractivity (Wildman–Crippen MR) is 147 cm³/mol. The normalized spacial score (nSPS) is 45.5. The van der Waals surface area contributed by atoms with E-state index in [0.717, 1.165) is 19.4 Å². The van der Waals surface area contributed by atoms with Crippen molar-refractivity contribution in [2.24, 2.45) is 17.6 Å². The maximum atomic E-state index is 12.9. The number of fused-ring (bicyclic) bond motifs is 2. The van der Waals surface area contributed by atoms with E-state index >= 15 is 0 Å². The van der Waals surface area contributed by atoms with Gasteiger partial charge in [-0.2, -0.15) is 0 Å². The van der Waals surface area contributed by atoms with Crippen LogP contribution in [0, 0.1) is 11.8 Å². The van der Waals surface area contributed by atoms with Crippen LogP contribution >= 0.6 is 11.8 Å². The van der Waals surface area contributed by atoms with Crippen molar-refractivity contribution in [3.05, 3.63) is 12.0 Å². The van der Waals surface area contributed by atoms with Crippen LogP contribution in [0.5, 0.6) is 0 Å². The molecule has 7 aliphatic rings. The van der Waals surface area contributed by atoms with Crippen LogP contribution in [0.25, 0.3) is 0 Å². The van der Waals surface area contributed by atoms with Gasteiger partial charge in [0.2, 0.25) is 5.91 Å². The van der Waals surface area contributed by atoms with Gasteiger partial charge in [-0.25, -0.2) is 0 Å². The first-order chi connectivity index (χ1) is 19.5. The number of hydrogen-bond acceptors (Lipinski definition) is 13. The van der Waals surface area contributed by atoms with Crippen LogP contribution in [-0.2, 0) is 23.8 Å². The summed E-state index contributed by atoms with van der Waals surface area (Å²) < 4.78 is 17.8. The number of rotatable bonds is 6. The number of carbonyl (C=O) groups is 2. The van der Waals surface area contributed by atoms with E-state index in [1.165, 1.54) is 12.8 Å². The van der Waals surface area contributed by atoms with Gasteiger partial charge in [-0.1, -0.05) is 12.8 Å². The minimum Gasteiger partial charge on any atom is -0.472 e. The molecule has 0 aromatic heterocycles. The summed E-state index contributed by atoms with van der Waals surface area (Å²) in [7, 11) is 0. The number of nitrogens with zero attached hydrogens (tertiary/aromatic N) is 1. The van der Waals surface area contributed by atoms with E-state index in [4.69, 9.17) is 19.9 Å². The van der Waals surface area contributed by atoms with Crippen molar-refractivity contribution in [2.45, 2.75) is 79.2 Å². The fraction of sp³-hybridized carbons (Fsp3) is 0.846. The highest BCUT2D eigenvalue weighted by molar-refractivity contribution is 8.00. The number of amides is 1. The Labute approximate surface area is 238 Å². The van der Waals surface area contributed by atoms with Crippen molar-refractivity contribution in [3.63, 3.8) is 0 Å². The summed E-state index contributed by atoms with van der Waals surface area (Å²) in [5.41, 5.74) is 6.41. The standard InChI is InChI=1S/C26H42N8O5S/c27-14-3-1-2-4-15(14)30-26-31-16-10-28-24(36)20(16)23(33-26)32-18-11-29-25(40-18)13-12-38-22-17(35)9-19(39-21(13)22)34-5-7-37-8-6-34/h9,13-16,18,20-23,25-26,29-33H,1-8,10-12,27H2,(H,28,36)/t13?,14-,15+,16?,18?,20?,21?,22?,23?,25?,26?/m1/s1. The Balaban J connectivity index is 0.985. The fourth-order valence-corrected chi connectivity index (χ4v) is 8.61. The van der Waals surface area contributed by atoms with E-state index in [0.29, 0.717) is 45.3 Å². The summed E-state index contributed by atoms with van der Waals surface area (Å²) in [4.78, 5) is 27.8. The molecule has 0 aromatic rings. The molecule has 1 aliphatic carbocycles. The van der Waals surface area contributed by atoms with Crippen molar-refractivity contribution in [1.29, 1.82) is 0 Å². The molecule has 0 radical (unpaired) electrons. The van der Waals surface area contributed by atoms with Crippen LogP contribution in [0.3, 0.4) is 0 Å². The smallest absolute Gasteiger partial charge is 0.227 e. The first-order valence-electron chi connectivity index (χ1n) is 14.9. The van der Waals surface area contributed by atoms with E-state index in [1.807, 2.05) is 0 Å². The average Bonchev–Trinajstić information content (AvgIpc) is 3.69. The van der Waals surface area contributed by atoms with Gasteiger partial charge in [-0.15, -0.1) is 11.8 Å². The third kappa shape index (κ3) is 5.38. The highest BCUT2D eigenvalue weighted by atomic mass is 32.2. The summed E-state index contributed by atoms with van der Waals surface area (Å²) in [5.74, 6) is 0.493. The van der Waals surface area contributed by atoms with Gasteiger partial charge in [-0.3, -0.25) is 30.9 Å². The Hall–Kier alpha value is -1.49. The molecule has 222 valence electrons. The molecule has 9 unspecified atom stereocenters. The van der Waals surface area contributed by atoms with Crippen molar-refractivity contribution in [1.82, 2.24) is 36.8 Å². The SMILES string of the molecule is N[C@@H]1CCCC[C@@H]1NC1NC2CNC(=O)C2C(NC2CNC(C3COC4C(=O)C=C(N5CCOCC5)OC43)S2)N1. The van der Waals surface area contributed by atoms with Crippen molar-refractivity contribution in [2.75, 3.05) is 46.0 Å². The number of nitrogens with one attached hydrogen (secondary N) is 6. The van der Waals surface area contributed by atoms with Gasteiger partial charge in [0.1, 0.15) is 12.4 Å². The molecule has 7 rings (SSSR count). The molecule has 13 nitrogen and oxygen atoms in total. The summed E-state index contributed by atoms with van der Waals surface area (Å²) in [5, 5.41) is 21.4. The molecule has 14 heteroatoms. The molecule has 1 saturated carbocycles. The van der Waals surface area contributed by atoms with E-state index in [2.05, 4.69) is 36.8 Å². The maximum Gasteiger partial charge on any atom is 0.227 e. The molecule has 5 saturated heterocycles. The molecule has 0 spiro atoms. The number of thioether (sulfide) groups is 1. The van der Waals surface area contributed by atoms with Crippen molar-refractivity contribution < 1.29 is 23.8 Å². The fourth-order valence-electron chi connectivity index (χ4n) is 7.21. The van der Waals surface area contributed by atoms with Crippen LogP contribution in [-0.4, -0.2) is 116 Å². The molecule has 0 bridgehead atoms. The van der Waals surface area contributed by atoms with E-state index in [9.17, 15) is 9.59 Å². The summed E-state index contributed by atoms with van der Waals surface area (Å²) in [6.07, 6.45) is 4.84. The topological polar surface area (TPSA) is 163 Å². The van der Waals surface area contributed by atoms with Crippen molar-refractivity contribution in [3.8, 4) is 0 Å². The Bertz CT molecular complexity index is 1000. The quantitative estimate of drug-likeness (QED) is 0.177. The van der Waals surface area contributed by atoms with Gasteiger partial charge in [0.15, 0.2) is 17.8 Å². The number of ether oxygens (including phenoxy) is 3. The minimum atomic E-state index is -0.559. The van der Waals surface area contributed by atoms with Crippen LogP contribution < -0.4 is 37.6 Å². The molecule has 40 heavy (non-hydrogen) atoms. The molecule has 6 aliphatic heterocycles. The lowest BCUT2D eigenvalue weighted by Gasteiger charge is -2.43. The van der Waals surface area contributed by atoms with Gasteiger partial charge < -0.3 is 35.5 Å². The molecule has 11 atom stereocenters. The average molecular weight is 579 g/mol. The second-order valence-corrected chi connectivity index (χ2v) is 13.3. The Morgan fingerprint density at radius 1 is 1.07 bits per heavy atom. The van der Waals surface area contributed by atoms with Gasteiger partial charge in [0.05, 0.1) is 42.7 Å². The number of nitrogens with two attached hydrogens (primary N) is 1. The monoisotopic (exact) mass is 578 g/mol. The number of ketones is 1. The lowest BCUT2D eigenvalue weighted by atomic mass is 9.90. The Kier molecular flexibility index (Phi) is 7.97. The third-order valence-corrected chi connectivity index (χ3v) is 10.8. The first kappa shape index (κ1) is 27.3. The lowest BCUT2D eigenvalue weighted by Crippen LogP contribution is -2.74. The zero-order valence-electron chi connectivity index (χ0n) is 22.7. The van der Waals surface area contributed by atoms with E-state index in [-0.39, 0.29) is 71.0 Å². The van der Waals surface area contributed by atoms with Crippen LogP contribution in [0.1, 0.15) is 25.7 Å². The predicted octanol–water partition coefficient (Wildman–Crippen LogP) is -2.50. The van der Waals surface area contributed by atoms with Crippen LogP contribution in [0.4, 0.5) is 0 Å². The second-order valence-electron chi connectivity index (χ2n) is 11.9. The number of morpholine rings is 1. The number of hydrogen-bond donors (Lipinski definition) is 7. The number of carbonyl (C=O) groups excluding carboxylic acids is 2. The zero-order valence-corrected chi connectivity index (χ0v) is 23.5. The zero-order chi connectivity index (χ0) is 27.2. The molecule has 8 N–H and O–H groups in total. The lowest BCUT2D eigenvalue weighted by molar-refractivity contribution is -0.133. The van der Waals surface area contributed by atoms with E-state index < -0.39 is 6.10 Å². The second kappa shape index (κ2) is 11.7. The van der Waals surface area contributed by atoms with Gasteiger partial charge in [0.25, 0.3) is 0 Å². The van der Waals surface area contributed by atoms with Crippen LogP contribution in [0.2, 0.25) is 0 Å². The minimum absolute atomic E-state index is 0.0219. The van der Waals surface area contributed by atoms with Crippen LogP contribution in [0.15, 0.2) is 12.0 Å². The van der Waals surface area contributed by atoms with Gasteiger partial charge >= 0.3 is 0 Å². The summed E-state index contributed by atoms with van der Waals surface area (Å²) in [6.45, 7) is 4.51. The first-order valence-corrected chi connectivity index (χ1v) is 15.8.